The van der Waals surface area contributed by atoms with Crippen LogP contribution < -0.4 is 5.43 Å². The third kappa shape index (κ3) is 4.42. The number of nitrogens with one attached hydrogen (secondary N) is 1. The van der Waals surface area contributed by atoms with Crippen LogP contribution in [0.5, 0.6) is 0 Å². The van der Waals surface area contributed by atoms with E-state index in [1.165, 1.54) is 12.1 Å². The summed E-state index contributed by atoms with van der Waals surface area (Å²) in [5.41, 5.74) is 2.92. The third-order valence-corrected chi connectivity index (χ3v) is 2.45. The summed E-state index contributed by atoms with van der Waals surface area (Å²) in [5, 5.41) is 4.68. The quantitative estimate of drug-likeness (QED) is 0.524. The number of benzene rings is 1. The highest BCUT2D eigenvalue weighted by molar-refractivity contribution is 6.41. The number of carbonyl (C=O) groups is 1. The molecule has 0 saturated carbocycles. The number of esters is 1. The summed E-state index contributed by atoms with van der Waals surface area (Å²) in [5.74, 6) is -0.554. The van der Waals surface area contributed by atoms with Crippen LogP contribution in [0.15, 0.2) is 17.2 Å². The van der Waals surface area contributed by atoms with Crippen molar-refractivity contribution in [3.63, 3.8) is 0 Å². The van der Waals surface area contributed by atoms with Gasteiger partial charge in [-0.05, 0) is 19.1 Å². The molecule has 92 valence electrons. The van der Waals surface area contributed by atoms with Gasteiger partial charge in [-0.3, -0.25) is 5.43 Å². The predicted octanol–water partition coefficient (Wildman–Crippen LogP) is 3.61. The first-order valence-electron chi connectivity index (χ1n) is 4.65. The minimum Gasteiger partial charge on any atom is -0.462 e. The third-order valence-electron chi connectivity index (χ3n) is 1.64. The second-order valence-corrected chi connectivity index (χ2v) is 4.12. The Labute approximate surface area is 113 Å². The van der Waals surface area contributed by atoms with Crippen molar-refractivity contribution in [2.24, 2.45) is 5.10 Å². The first kappa shape index (κ1) is 14.1. The lowest BCUT2D eigenvalue weighted by molar-refractivity contribution is -0.134. The Hall–Kier alpha value is -0.970. The van der Waals surface area contributed by atoms with Crippen molar-refractivity contribution < 1.29 is 9.53 Å². The van der Waals surface area contributed by atoms with E-state index in [0.29, 0.717) is 20.8 Å². The van der Waals surface area contributed by atoms with Gasteiger partial charge < -0.3 is 4.74 Å². The fourth-order valence-corrected chi connectivity index (χ4v) is 1.88. The van der Waals surface area contributed by atoms with Crippen molar-refractivity contribution in [2.75, 3.05) is 12.0 Å². The van der Waals surface area contributed by atoms with Crippen molar-refractivity contribution in [1.82, 2.24) is 0 Å². The molecule has 1 aromatic carbocycles. The molecule has 0 aliphatic heterocycles. The summed E-state index contributed by atoms with van der Waals surface area (Å²) in [6.07, 6.45) is 0.991. The van der Waals surface area contributed by atoms with Gasteiger partial charge in [-0.2, -0.15) is 5.10 Å². The Morgan fingerprint density at radius 1 is 1.41 bits per heavy atom. The van der Waals surface area contributed by atoms with Gasteiger partial charge in [-0.25, -0.2) is 4.79 Å². The van der Waals surface area contributed by atoms with Gasteiger partial charge in [0.15, 0.2) is 0 Å². The molecule has 1 aromatic rings. The smallest absolute Gasteiger partial charge is 0.351 e. The van der Waals surface area contributed by atoms with Gasteiger partial charge in [0.25, 0.3) is 0 Å². The number of nitrogens with zero attached hydrogens (tertiary/aromatic N) is 1. The molecule has 1 N–H and O–H groups in total. The molecular weight excluding hydrogens is 286 g/mol. The van der Waals surface area contributed by atoms with E-state index in [9.17, 15) is 4.79 Å². The largest absolute Gasteiger partial charge is 0.462 e. The molecule has 0 aliphatic rings. The van der Waals surface area contributed by atoms with Crippen LogP contribution in [0.2, 0.25) is 15.1 Å². The highest BCUT2D eigenvalue weighted by atomic mass is 35.5. The zero-order valence-electron chi connectivity index (χ0n) is 8.84. The fraction of sp³-hybridized carbons (Fsp3) is 0.200. The number of hydrazone groups is 1. The summed E-state index contributed by atoms with van der Waals surface area (Å²) in [7, 11) is 0. The van der Waals surface area contributed by atoms with E-state index in [0.717, 1.165) is 6.21 Å². The second kappa shape index (κ2) is 6.69. The van der Waals surface area contributed by atoms with E-state index in [-0.39, 0.29) is 6.61 Å². The summed E-state index contributed by atoms with van der Waals surface area (Å²) < 4.78 is 4.64. The first-order chi connectivity index (χ1) is 8.04. The van der Waals surface area contributed by atoms with E-state index in [4.69, 9.17) is 34.8 Å². The zero-order chi connectivity index (χ0) is 12.8. The Kier molecular flexibility index (Phi) is 5.55. The number of hydrogen-bond donors (Lipinski definition) is 1. The van der Waals surface area contributed by atoms with Gasteiger partial charge in [0.1, 0.15) is 6.21 Å². The highest BCUT2D eigenvalue weighted by Crippen LogP contribution is 2.33. The van der Waals surface area contributed by atoms with Gasteiger partial charge in [-0.1, -0.05) is 34.8 Å². The second-order valence-electron chi connectivity index (χ2n) is 2.87. The molecule has 0 unspecified atom stereocenters. The van der Waals surface area contributed by atoms with E-state index < -0.39 is 5.97 Å². The van der Waals surface area contributed by atoms with Crippen LogP contribution in [0.4, 0.5) is 5.69 Å². The van der Waals surface area contributed by atoms with Gasteiger partial charge >= 0.3 is 5.97 Å². The van der Waals surface area contributed by atoms with E-state index in [1.807, 2.05) is 0 Å². The molecule has 0 amide bonds. The minimum atomic E-state index is -0.554. The molecule has 4 nitrogen and oxygen atoms in total. The summed E-state index contributed by atoms with van der Waals surface area (Å²) in [6, 6.07) is 3.02. The minimum absolute atomic E-state index is 0.285. The van der Waals surface area contributed by atoms with E-state index in [2.05, 4.69) is 15.3 Å². The van der Waals surface area contributed by atoms with Crippen molar-refractivity contribution in [3.8, 4) is 0 Å². The molecule has 0 aliphatic carbocycles. The highest BCUT2D eigenvalue weighted by Gasteiger charge is 2.06. The van der Waals surface area contributed by atoms with Crippen LogP contribution in [-0.2, 0) is 9.53 Å². The lowest BCUT2D eigenvalue weighted by Gasteiger charge is -2.06. The van der Waals surface area contributed by atoms with Crippen molar-refractivity contribution in [1.29, 1.82) is 0 Å². The van der Waals surface area contributed by atoms with Gasteiger partial charge in [0.2, 0.25) is 0 Å². The van der Waals surface area contributed by atoms with Gasteiger partial charge in [0.05, 0.1) is 22.3 Å². The van der Waals surface area contributed by atoms with Crippen molar-refractivity contribution in [2.45, 2.75) is 6.92 Å². The lowest BCUT2D eigenvalue weighted by atomic mass is 10.3. The van der Waals surface area contributed by atoms with Gasteiger partial charge in [-0.15, -0.1) is 0 Å². The number of halogens is 3. The predicted molar refractivity (Wildman–Crippen MR) is 70.2 cm³/mol. The van der Waals surface area contributed by atoms with E-state index in [1.54, 1.807) is 6.92 Å². The van der Waals surface area contributed by atoms with Crippen molar-refractivity contribution in [3.05, 3.63) is 27.2 Å². The van der Waals surface area contributed by atoms with Crippen molar-refractivity contribution >= 4 is 52.7 Å². The van der Waals surface area contributed by atoms with Crippen LogP contribution in [0.1, 0.15) is 6.92 Å². The average Bonchev–Trinajstić information content (AvgIpc) is 2.22. The Balaban J connectivity index is 2.73. The summed E-state index contributed by atoms with van der Waals surface area (Å²) >= 11 is 17.5. The molecule has 0 radical (unpaired) electrons. The molecule has 0 spiro atoms. The molecule has 0 aromatic heterocycles. The molecule has 7 heteroatoms. The maximum absolute atomic E-state index is 11.0. The fourth-order valence-electron chi connectivity index (χ4n) is 0.978. The standard InChI is InChI=1S/C10H9Cl3N2O2/c1-2-17-9(16)5-14-15-10-7(12)3-6(11)4-8(10)13/h3-5,15H,2H2,1H3/b14-5+. The van der Waals surface area contributed by atoms with Crippen LogP contribution in [0.25, 0.3) is 0 Å². The molecule has 1 rings (SSSR count). The zero-order valence-corrected chi connectivity index (χ0v) is 11.1. The molecule has 0 atom stereocenters. The monoisotopic (exact) mass is 294 g/mol. The molecule has 17 heavy (non-hydrogen) atoms. The number of anilines is 1. The maximum Gasteiger partial charge on any atom is 0.351 e. The van der Waals surface area contributed by atoms with Crippen LogP contribution in [0, 0.1) is 0 Å². The Morgan fingerprint density at radius 3 is 2.53 bits per heavy atom. The lowest BCUT2D eigenvalue weighted by Crippen LogP contribution is -2.06. The maximum atomic E-state index is 11.0. The van der Waals surface area contributed by atoms with E-state index >= 15 is 0 Å². The number of hydrogen-bond acceptors (Lipinski definition) is 4. The van der Waals surface area contributed by atoms with Gasteiger partial charge in [0, 0.05) is 5.02 Å². The molecular formula is C10H9Cl3N2O2. The Bertz CT molecular complexity index is 426. The van der Waals surface area contributed by atoms with Crippen LogP contribution in [-0.4, -0.2) is 18.8 Å². The molecule has 0 bridgehead atoms. The topological polar surface area (TPSA) is 50.7 Å². The average molecular weight is 296 g/mol. The SMILES string of the molecule is CCOC(=O)/C=N/Nc1c(Cl)cc(Cl)cc1Cl. The van der Waals surface area contributed by atoms with Crippen LogP contribution >= 0.6 is 34.8 Å². The summed E-state index contributed by atoms with van der Waals surface area (Å²) in [6.45, 7) is 1.99. The normalized spacial score (nSPS) is 10.6. The van der Waals surface area contributed by atoms with Crippen LogP contribution in [0.3, 0.4) is 0 Å². The molecule has 0 fully saturated rings. The summed E-state index contributed by atoms with van der Waals surface area (Å²) in [4.78, 5) is 11.0. The molecule has 0 saturated heterocycles. The number of rotatable bonds is 4. The number of ether oxygens (including phenoxy) is 1. The molecule has 0 heterocycles. The number of carbonyl (C=O) groups excluding carboxylic acids is 1. The Morgan fingerprint density at radius 2 is 2.00 bits per heavy atom. The first-order valence-corrected chi connectivity index (χ1v) is 5.78.